The monoisotopic (exact) mass is 498 g/mol. The van der Waals surface area contributed by atoms with Crippen LogP contribution >= 0.6 is 23.2 Å². The quantitative estimate of drug-likeness (QED) is 0.177. The van der Waals surface area contributed by atoms with E-state index < -0.39 is 27.1 Å². The second-order valence-corrected chi connectivity index (χ2v) is 7.37. The zero-order valence-electron chi connectivity index (χ0n) is 16.9. The van der Waals surface area contributed by atoms with Gasteiger partial charge >= 0.3 is 5.69 Å². The van der Waals surface area contributed by atoms with Crippen LogP contribution in [0.4, 0.5) is 17.1 Å². The van der Waals surface area contributed by atoms with Crippen molar-refractivity contribution in [1.29, 1.82) is 5.26 Å². The minimum absolute atomic E-state index is 0.172. The van der Waals surface area contributed by atoms with E-state index in [9.17, 15) is 30.3 Å². The van der Waals surface area contributed by atoms with Gasteiger partial charge in [-0.25, -0.2) is 0 Å². The Morgan fingerprint density at radius 1 is 1.00 bits per heavy atom. The van der Waals surface area contributed by atoms with Crippen molar-refractivity contribution in [2.24, 2.45) is 0 Å². The molecule has 10 nitrogen and oxygen atoms in total. The van der Waals surface area contributed by atoms with Gasteiger partial charge in [-0.05, 0) is 42.0 Å². The maximum atomic E-state index is 12.5. The molecule has 0 saturated carbocycles. The maximum Gasteiger partial charge on any atom is 0.318 e. The molecule has 0 fully saturated rings. The number of nitrogens with zero attached hydrogens (tertiary/aromatic N) is 3. The van der Waals surface area contributed by atoms with Crippen LogP contribution in [-0.4, -0.2) is 15.8 Å². The van der Waals surface area contributed by atoms with E-state index in [1.165, 1.54) is 42.5 Å². The average Bonchev–Trinajstić information content (AvgIpc) is 2.80. The number of nitrogens with one attached hydrogen (secondary N) is 1. The van der Waals surface area contributed by atoms with Crippen LogP contribution in [0.5, 0.6) is 11.5 Å². The summed E-state index contributed by atoms with van der Waals surface area (Å²) in [4.78, 5) is 33.0. The van der Waals surface area contributed by atoms with Gasteiger partial charge < -0.3 is 10.1 Å². The van der Waals surface area contributed by atoms with Gasteiger partial charge in [-0.1, -0.05) is 41.4 Å². The molecule has 0 saturated heterocycles. The van der Waals surface area contributed by atoms with Gasteiger partial charge in [-0.2, -0.15) is 5.26 Å². The van der Waals surface area contributed by atoms with Crippen LogP contribution in [0.15, 0.2) is 66.2 Å². The van der Waals surface area contributed by atoms with Gasteiger partial charge in [0, 0.05) is 6.07 Å². The Labute approximate surface area is 201 Å². The maximum absolute atomic E-state index is 12.5. The van der Waals surface area contributed by atoms with Crippen LogP contribution in [0, 0.1) is 31.6 Å². The Morgan fingerprint density at radius 2 is 1.65 bits per heavy atom. The summed E-state index contributed by atoms with van der Waals surface area (Å²) in [6.45, 7) is 0. The van der Waals surface area contributed by atoms with Gasteiger partial charge in [0.1, 0.15) is 17.4 Å². The molecule has 12 heteroatoms. The number of carbonyl (C=O) groups excluding carboxylic acids is 1. The molecule has 0 bridgehead atoms. The molecule has 1 amide bonds. The molecule has 0 aliphatic carbocycles. The van der Waals surface area contributed by atoms with Crippen LogP contribution in [-0.2, 0) is 4.79 Å². The molecule has 0 radical (unpaired) electrons. The first kappa shape index (κ1) is 24.2. The van der Waals surface area contributed by atoms with Crippen molar-refractivity contribution in [3.8, 4) is 17.6 Å². The molecule has 1 N–H and O–H groups in total. The molecule has 3 rings (SSSR count). The third-order valence-electron chi connectivity index (χ3n) is 4.34. The van der Waals surface area contributed by atoms with E-state index >= 15 is 0 Å². The van der Waals surface area contributed by atoms with E-state index in [1.54, 1.807) is 12.1 Å². The lowest BCUT2D eigenvalue weighted by atomic mass is 10.1. The number of amides is 1. The molecule has 0 atom stereocenters. The largest absolute Gasteiger partial charge is 0.450 e. The third kappa shape index (κ3) is 5.66. The fraction of sp³-hybridized carbons (Fsp3) is 0. The predicted octanol–water partition coefficient (Wildman–Crippen LogP) is 6.15. The van der Waals surface area contributed by atoms with Crippen molar-refractivity contribution in [1.82, 2.24) is 0 Å². The van der Waals surface area contributed by atoms with Crippen molar-refractivity contribution in [3.05, 3.63) is 102 Å². The Balaban J connectivity index is 1.80. The van der Waals surface area contributed by atoms with Crippen molar-refractivity contribution < 1.29 is 19.4 Å². The highest BCUT2D eigenvalue weighted by molar-refractivity contribution is 6.40. The Kier molecular flexibility index (Phi) is 7.43. The summed E-state index contributed by atoms with van der Waals surface area (Å²) < 4.78 is 5.49. The summed E-state index contributed by atoms with van der Waals surface area (Å²) in [7, 11) is 0. The lowest BCUT2D eigenvalue weighted by Gasteiger charge is -2.09. The van der Waals surface area contributed by atoms with Gasteiger partial charge in [-0.3, -0.25) is 25.0 Å². The van der Waals surface area contributed by atoms with E-state index in [2.05, 4.69) is 5.32 Å². The van der Waals surface area contributed by atoms with Crippen LogP contribution in [0.2, 0.25) is 10.0 Å². The van der Waals surface area contributed by atoms with Gasteiger partial charge in [0.2, 0.25) is 5.75 Å². The second kappa shape index (κ2) is 10.4. The lowest BCUT2D eigenvalue weighted by molar-refractivity contribution is -0.394. The molecule has 170 valence electrons. The summed E-state index contributed by atoms with van der Waals surface area (Å²) in [5.74, 6) is -0.716. The topological polar surface area (TPSA) is 148 Å². The molecule has 3 aromatic rings. The first-order valence-corrected chi connectivity index (χ1v) is 10.0. The van der Waals surface area contributed by atoms with Gasteiger partial charge in [-0.15, -0.1) is 0 Å². The molecule has 3 aromatic carbocycles. The van der Waals surface area contributed by atoms with E-state index in [0.29, 0.717) is 5.56 Å². The number of carbonyl (C=O) groups is 1. The fourth-order valence-electron chi connectivity index (χ4n) is 2.72. The molecule has 0 heterocycles. The average molecular weight is 499 g/mol. The number of benzene rings is 3. The second-order valence-electron chi connectivity index (χ2n) is 6.56. The number of nitriles is 1. The number of ether oxygens (including phenoxy) is 1. The number of para-hydroxylation sites is 1. The number of anilines is 1. The third-order valence-corrected chi connectivity index (χ3v) is 4.97. The summed E-state index contributed by atoms with van der Waals surface area (Å²) in [6, 6.07) is 15.4. The van der Waals surface area contributed by atoms with Crippen LogP contribution in [0.1, 0.15) is 5.56 Å². The minimum atomic E-state index is -0.789. The summed E-state index contributed by atoms with van der Waals surface area (Å²) in [5.41, 5.74) is -0.608. The number of hydrogen-bond acceptors (Lipinski definition) is 7. The Morgan fingerprint density at radius 3 is 2.21 bits per heavy atom. The Hall–Kier alpha value is -4.46. The van der Waals surface area contributed by atoms with Gasteiger partial charge in [0.15, 0.2) is 0 Å². The molecule has 0 unspecified atom stereocenters. The molecule has 0 spiro atoms. The van der Waals surface area contributed by atoms with Gasteiger partial charge in [0.25, 0.3) is 11.6 Å². The lowest BCUT2D eigenvalue weighted by Crippen LogP contribution is -2.14. The predicted molar refractivity (Wildman–Crippen MR) is 125 cm³/mol. The number of hydrogen-bond donors (Lipinski definition) is 1. The number of nitro benzene ring substituents is 2. The smallest absolute Gasteiger partial charge is 0.318 e. The van der Waals surface area contributed by atoms with E-state index in [1.807, 2.05) is 0 Å². The number of nitro groups is 2. The number of rotatable bonds is 7. The molecule has 0 aromatic heterocycles. The molecule has 0 aliphatic rings. The normalized spacial score (nSPS) is 10.8. The standard InChI is InChI=1S/C22H12Cl2N4O6/c23-17-2-1-3-18(24)21(17)26-22(29)14(12-25)10-13-4-7-16(8-5-13)34-20-9-6-15(27(30)31)11-19(20)28(32)33/h1-11H,(H,26,29)/b14-10+. The summed E-state index contributed by atoms with van der Waals surface area (Å²) in [5, 5.41) is 34.4. The van der Waals surface area contributed by atoms with Crippen molar-refractivity contribution in [2.75, 3.05) is 5.32 Å². The zero-order valence-corrected chi connectivity index (χ0v) is 18.4. The van der Waals surface area contributed by atoms with Crippen LogP contribution in [0.3, 0.4) is 0 Å². The first-order chi connectivity index (χ1) is 16.2. The van der Waals surface area contributed by atoms with Crippen molar-refractivity contribution in [3.63, 3.8) is 0 Å². The first-order valence-electron chi connectivity index (χ1n) is 9.27. The van der Waals surface area contributed by atoms with Crippen molar-refractivity contribution >= 4 is 52.2 Å². The van der Waals surface area contributed by atoms with Gasteiger partial charge in [0.05, 0.1) is 31.6 Å². The van der Waals surface area contributed by atoms with E-state index in [-0.39, 0.29) is 32.8 Å². The SMILES string of the molecule is N#C/C(=C\c1ccc(Oc2ccc([N+](=O)[O-])cc2[N+](=O)[O-])cc1)C(=O)Nc1c(Cl)cccc1Cl. The molecule has 34 heavy (non-hydrogen) atoms. The molecular weight excluding hydrogens is 487 g/mol. The summed E-state index contributed by atoms with van der Waals surface area (Å²) in [6.07, 6.45) is 1.32. The zero-order chi connectivity index (χ0) is 24.8. The highest BCUT2D eigenvalue weighted by Gasteiger charge is 2.21. The van der Waals surface area contributed by atoms with E-state index in [0.717, 1.165) is 18.2 Å². The highest BCUT2D eigenvalue weighted by atomic mass is 35.5. The Bertz CT molecular complexity index is 1350. The van der Waals surface area contributed by atoms with E-state index in [4.69, 9.17) is 27.9 Å². The molecular formula is C22H12Cl2N4O6. The van der Waals surface area contributed by atoms with Crippen molar-refractivity contribution in [2.45, 2.75) is 0 Å². The molecule has 0 aliphatic heterocycles. The van der Waals surface area contributed by atoms with Crippen LogP contribution < -0.4 is 10.1 Å². The summed E-state index contributed by atoms with van der Waals surface area (Å²) >= 11 is 12.1. The highest BCUT2D eigenvalue weighted by Crippen LogP contribution is 2.34. The number of halogens is 2. The fourth-order valence-corrected chi connectivity index (χ4v) is 3.21. The van der Waals surface area contributed by atoms with Crippen LogP contribution in [0.25, 0.3) is 6.08 Å². The minimum Gasteiger partial charge on any atom is -0.450 e. The number of non-ortho nitro benzene ring substituents is 1.